The smallest absolute Gasteiger partial charge is 0.324 e. The molecule has 0 unspecified atom stereocenters. The van der Waals surface area contributed by atoms with Gasteiger partial charge in [0.05, 0.1) is 50.1 Å². The molecule has 0 saturated carbocycles. The Balaban J connectivity index is 1.08. The van der Waals surface area contributed by atoms with E-state index in [0.29, 0.717) is 75.0 Å². The van der Waals surface area contributed by atoms with Gasteiger partial charge in [-0.15, -0.1) is 0 Å². The van der Waals surface area contributed by atoms with E-state index in [1.165, 1.54) is 0 Å². The molecule has 0 spiro atoms. The number of nitrogens with zero attached hydrogens (tertiary/aromatic N) is 4. The fourth-order valence-electron chi connectivity index (χ4n) is 5.64. The summed E-state index contributed by atoms with van der Waals surface area (Å²) in [7, 11) is 1.64. The van der Waals surface area contributed by atoms with E-state index in [0.717, 1.165) is 39.0 Å². The lowest BCUT2D eigenvalue weighted by Crippen LogP contribution is -2.21. The summed E-state index contributed by atoms with van der Waals surface area (Å²) in [6.07, 6.45) is 2.17. The minimum absolute atomic E-state index is 0.188. The van der Waals surface area contributed by atoms with Crippen LogP contribution in [0.3, 0.4) is 0 Å². The molecule has 0 fully saturated rings. The molecule has 280 valence electrons. The monoisotopic (exact) mass is 730 g/mol. The molecule has 6 rings (SSSR count). The van der Waals surface area contributed by atoms with Crippen LogP contribution in [0.1, 0.15) is 42.4 Å². The number of hydrogen-bond donors (Lipinski definition) is 2. The van der Waals surface area contributed by atoms with E-state index in [1.807, 2.05) is 97.9 Å². The Labute approximate surface area is 315 Å². The number of urea groups is 1. The number of aromatic nitrogens is 4. The standard InChI is InChI=1S/C42H46N6O6/c1-29(2)37-28-40(48(47-37)32-14-12-30(3)13-15-32)46-42(49)44-36-16-17-38(35-11-6-5-10-34(35)36)54-41-18-19-43-39(45-41)27-31-8-7-9-33(26-31)53-25-24-52-23-22-51-21-20-50-4/h5-19,26,28-29H,20-25,27H2,1-4H3,(H2,44,46,49). The van der Waals surface area contributed by atoms with E-state index in [-0.39, 0.29) is 11.9 Å². The zero-order chi connectivity index (χ0) is 37.7. The highest BCUT2D eigenvalue weighted by Crippen LogP contribution is 2.34. The van der Waals surface area contributed by atoms with E-state index in [4.69, 9.17) is 33.8 Å². The average molecular weight is 731 g/mol. The molecule has 0 aliphatic rings. The van der Waals surface area contributed by atoms with Gasteiger partial charge in [0.1, 0.15) is 29.7 Å². The number of anilines is 2. The highest BCUT2D eigenvalue weighted by atomic mass is 16.6. The van der Waals surface area contributed by atoms with Crippen molar-refractivity contribution in [3.63, 3.8) is 0 Å². The van der Waals surface area contributed by atoms with Gasteiger partial charge in [-0.25, -0.2) is 14.5 Å². The molecule has 2 N–H and O–H groups in total. The highest BCUT2D eigenvalue weighted by Gasteiger charge is 2.16. The molecule has 0 saturated heterocycles. The second kappa shape index (κ2) is 18.8. The first-order chi connectivity index (χ1) is 26.4. The van der Waals surface area contributed by atoms with Crippen molar-refractivity contribution in [2.75, 3.05) is 57.4 Å². The third kappa shape index (κ3) is 10.4. The van der Waals surface area contributed by atoms with Crippen LogP contribution in [0.2, 0.25) is 0 Å². The summed E-state index contributed by atoms with van der Waals surface area (Å²) in [5.74, 6) is 3.11. The van der Waals surface area contributed by atoms with Crippen molar-refractivity contribution in [1.82, 2.24) is 19.7 Å². The number of amides is 2. The van der Waals surface area contributed by atoms with Crippen molar-refractivity contribution in [2.24, 2.45) is 0 Å². The number of hydrogen-bond acceptors (Lipinski definition) is 9. The van der Waals surface area contributed by atoms with Crippen molar-refractivity contribution >= 4 is 28.3 Å². The molecular formula is C42H46N6O6. The molecule has 0 bridgehead atoms. The van der Waals surface area contributed by atoms with E-state index in [2.05, 4.69) is 29.5 Å². The Kier molecular flexibility index (Phi) is 13.2. The maximum Gasteiger partial charge on any atom is 0.324 e. The fraction of sp³-hybridized carbons (Fsp3) is 0.286. The van der Waals surface area contributed by atoms with Gasteiger partial charge in [-0.3, -0.25) is 5.32 Å². The number of rotatable bonds is 18. The normalized spacial score (nSPS) is 11.2. The first-order valence-corrected chi connectivity index (χ1v) is 18.0. The van der Waals surface area contributed by atoms with Gasteiger partial charge in [0, 0.05) is 42.6 Å². The van der Waals surface area contributed by atoms with E-state index in [1.54, 1.807) is 24.1 Å². The van der Waals surface area contributed by atoms with E-state index >= 15 is 0 Å². The van der Waals surface area contributed by atoms with Gasteiger partial charge < -0.3 is 29.0 Å². The van der Waals surface area contributed by atoms with Gasteiger partial charge in [0.15, 0.2) is 0 Å². The molecule has 0 aliphatic heterocycles. The van der Waals surface area contributed by atoms with Crippen molar-refractivity contribution in [3.05, 3.63) is 126 Å². The van der Waals surface area contributed by atoms with Crippen LogP contribution in [0.15, 0.2) is 103 Å². The SMILES string of the molecule is COCCOCCOCCOc1cccc(Cc2nccc(Oc3ccc(NC(=O)Nc4cc(C(C)C)nn4-c4ccc(C)cc4)c4ccccc34)n2)c1. The highest BCUT2D eigenvalue weighted by molar-refractivity contribution is 6.07. The van der Waals surface area contributed by atoms with Gasteiger partial charge in [-0.2, -0.15) is 10.1 Å². The summed E-state index contributed by atoms with van der Waals surface area (Å²) >= 11 is 0. The largest absolute Gasteiger partial charge is 0.491 e. The Bertz CT molecular complexity index is 2130. The van der Waals surface area contributed by atoms with E-state index < -0.39 is 0 Å². The second-order valence-corrected chi connectivity index (χ2v) is 12.9. The molecule has 2 aromatic heterocycles. The predicted molar refractivity (Wildman–Crippen MR) is 209 cm³/mol. The average Bonchev–Trinajstić information content (AvgIpc) is 3.59. The van der Waals surface area contributed by atoms with Crippen LogP contribution in [-0.4, -0.2) is 72.5 Å². The maximum absolute atomic E-state index is 13.4. The van der Waals surface area contributed by atoms with Crippen molar-refractivity contribution in [2.45, 2.75) is 33.1 Å². The zero-order valence-corrected chi connectivity index (χ0v) is 31.1. The van der Waals surface area contributed by atoms with Crippen LogP contribution in [-0.2, 0) is 20.6 Å². The van der Waals surface area contributed by atoms with E-state index in [9.17, 15) is 4.79 Å². The summed E-state index contributed by atoms with van der Waals surface area (Å²) in [6, 6.07) is 30.5. The van der Waals surface area contributed by atoms with Crippen molar-refractivity contribution in [1.29, 1.82) is 0 Å². The molecule has 54 heavy (non-hydrogen) atoms. The van der Waals surface area contributed by atoms with Crippen LogP contribution in [0.25, 0.3) is 16.5 Å². The third-order valence-electron chi connectivity index (χ3n) is 8.43. The number of methoxy groups -OCH3 is 1. The first-order valence-electron chi connectivity index (χ1n) is 18.0. The number of carbonyl (C=O) groups is 1. The van der Waals surface area contributed by atoms with Crippen LogP contribution in [0, 0.1) is 6.92 Å². The summed E-state index contributed by atoms with van der Waals surface area (Å²) < 4.78 is 29.9. The number of benzene rings is 4. The quantitative estimate of drug-likeness (QED) is 0.0839. The lowest BCUT2D eigenvalue weighted by molar-refractivity contribution is 0.0179. The summed E-state index contributed by atoms with van der Waals surface area (Å²) in [4.78, 5) is 22.6. The van der Waals surface area contributed by atoms with Gasteiger partial charge in [-0.05, 0) is 54.8 Å². The lowest BCUT2D eigenvalue weighted by Gasteiger charge is -2.14. The topological polar surface area (TPSA) is 131 Å². The molecule has 0 aliphatic carbocycles. The summed E-state index contributed by atoms with van der Waals surface area (Å²) in [6.45, 7) is 9.20. The molecule has 4 aromatic carbocycles. The molecule has 0 atom stereocenters. The Hall–Kier alpha value is -5.82. The number of nitrogens with one attached hydrogen (secondary N) is 2. The molecule has 6 aromatic rings. The molecule has 0 radical (unpaired) electrons. The molecule has 12 heteroatoms. The second-order valence-electron chi connectivity index (χ2n) is 12.9. The lowest BCUT2D eigenvalue weighted by atomic mass is 10.1. The van der Waals surface area contributed by atoms with Gasteiger partial charge in [0.2, 0.25) is 5.88 Å². The van der Waals surface area contributed by atoms with Crippen LogP contribution in [0.5, 0.6) is 17.4 Å². The van der Waals surface area contributed by atoms with Crippen molar-refractivity contribution in [3.8, 4) is 23.1 Å². The number of aryl methyl sites for hydroxylation is 1. The fourth-order valence-corrected chi connectivity index (χ4v) is 5.64. The molecule has 12 nitrogen and oxygen atoms in total. The Morgan fingerprint density at radius 1 is 0.796 bits per heavy atom. The van der Waals surface area contributed by atoms with Crippen LogP contribution < -0.4 is 20.1 Å². The number of ether oxygens (including phenoxy) is 5. The van der Waals surface area contributed by atoms with Gasteiger partial charge >= 0.3 is 6.03 Å². The van der Waals surface area contributed by atoms with Crippen LogP contribution in [0.4, 0.5) is 16.3 Å². The van der Waals surface area contributed by atoms with Crippen molar-refractivity contribution < 1.29 is 28.5 Å². The molecular weight excluding hydrogens is 684 g/mol. The number of fused-ring (bicyclic) bond motifs is 1. The molecule has 2 amide bonds. The zero-order valence-electron chi connectivity index (χ0n) is 31.1. The van der Waals surface area contributed by atoms with Gasteiger partial charge in [-0.1, -0.05) is 67.9 Å². The summed E-state index contributed by atoms with van der Waals surface area (Å²) in [5, 5.41) is 12.4. The first kappa shape index (κ1) is 37.9. The number of carbonyl (C=O) groups excluding carboxylic acids is 1. The van der Waals surface area contributed by atoms with Crippen LogP contribution >= 0.6 is 0 Å². The Morgan fingerprint density at radius 3 is 2.33 bits per heavy atom. The third-order valence-corrected chi connectivity index (χ3v) is 8.43. The summed E-state index contributed by atoms with van der Waals surface area (Å²) in [5.41, 5.74) is 4.51. The van der Waals surface area contributed by atoms with Gasteiger partial charge in [0.25, 0.3) is 0 Å². The predicted octanol–water partition coefficient (Wildman–Crippen LogP) is 8.33. The Morgan fingerprint density at radius 2 is 1.56 bits per heavy atom. The minimum Gasteiger partial charge on any atom is -0.491 e. The maximum atomic E-state index is 13.4. The molecule has 2 heterocycles. The minimum atomic E-state index is -0.389.